The third-order valence-electron chi connectivity index (χ3n) is 8.54. The van der Waals surface area contributed by atoms with Crippen LogP contribution >= 0.6 is 0 Å². The average Bonchev–Trinajstić information content (AvgIpc) is 2.91. The lowest BCUT2D eigenvalue weighted by atomic mass is 9.44. The van der Waals surface area contributed by atoms with E-state index in [0.29, 0.717) is 12.0 Å². The van der Waals surface area contributed by atoms with Crippen molar-refractivity contribution in [2.45, 2.75) is 63.8 Å². The fourth-order valence-corrected chi connectivity index (χ4v) is 6.92. The highest BCUT2D eigenvalue weighted by atomic mass is 19.1. The Labute approximate surface area is 168 Å². The van der Waals surface area contributed by atoms with E-state index in [-0.39, 0.29) is 36.4 Å². The van der Waals surface area contributed by atoms with E-state index in [0.717, 1.165) is 0 Å². The molecule has 7 heteroatoms. The lowest BCUT2D eigenvalue weighted by Gasteiger charge is -2.62. The van der Waals surface area contributed by atoms with Gasteiger partial charge in [0, 0.05) is 23.3 Å². The van der Waals surface area contributed by atoms with Crippen LogP contribution < -0.4 is 0 Å². The van der Waals surface area contributed by atoms with Crippen molar-refractivity contribution in [3.05, 3.63) is 23.3 Å². The molecule has 6 nitrogen and oxygen atoms in total. The van der Waals surface area contributed by atoms with Gasteiger partial charge < -0.3 is 15.3 Å². The van der Waals surface area contributed by atoms with E-state index in [9.17, 15) is 29.7 Å². The van der Waals surface area contributed by atoms with Crippen molar-refractivity contribution in [2.24, 2.45) is 22.7 Å². The number of aliphatic hydroxyl groups excluding tert-OH is 2. The average molecular weight is 406 g/mol. The van der Waals surface area contributed by atoms with Crippen molar-refractivity contribution in [2.75, 3.05) is 6.61 Å². The third-order valence-corrected chi connectivity index (χ3v) is 8.54. The molecule has 0 amide bonds. The summed E-state index contributed by atoms with van der Waals surface area (Å²) in [6, 6.07) is 0. The van der Waals surface area contributed by atoms with Gasteiger partial charge in [-0.2, -0.15) is 0 Å². The van der Waals surface area contributed by atoms with E-state index in [4.69, 9.17) is 0 Å². The van der Waals surface area contributed by atoms with Gasteiger partial charge in [-0.05, 0) is 50.7 Å². The molecule has 0 bridgehead atoms. The molecule has 3 saturated carbocycles. The van der Waals surface area contributed by atoms with Crippen LogP contribution in [0.15, 0.2) is 23.3 Å². The maximum Gasteiger partial charge on any atom is 0.190 e. The fourth-order valence-electron chi connectivity index (χ4n) is 6.92. The molecule has 0 aromatic heterocycles. The highest BCUT2D eigenvalue weighted by Gasteiger charge is 2.75. The molecule has 0 radical (unpaired) electrons. The minimum Gasteiger partial charge on any atom is -0.390 e. The van der Waals surface area contributed by atoms with E-state index in [1.807, 2.05) is 0 Å². The summed E-state index contributed by atoms with van der Waals surface area (Å²) in [5.74, 6) is -2.86. The summed E-state index contributed by atoms with van der Waals surface area (Å²) in [5, 5.41) is 31.6. The normalized spacial score (nSPS) is 49.0. The molecule has 3 fully saturated rings. The molecule has 0 heterocycles. The number of hydrogen-bond acceptors (Lipinski definition) is 6. The van der Waals surface area contributed by atoms with Gasteiger partial charge in [-0.15, -0.1) is 0 Å². The van der Waals surface area contributed by atoms with Gasteiger partial charge in [0.25, 0.3) is 0 Å². The number of halogens is 1. The first kappa shape index (κ1) is 20.6. The van der Waals surface area contributed by atoms with E-state index in [1.54, 1.807) is 20.8 Å². The number of hydrogen-bond donors (Lipinski definition) is 3. The molecule has 158 valence electrons. The SMILES string of the molecule is CC1=C[C@@]2(C)C(=CC1=O)C(=O)C[C@H]1[C@@H]3CC[C@](O)(C(=O)CO)[C@@]3(C)CC(O)[C@@]12F. The molecule has 4 rings (SSSR count). The van der Waals surface area contributed by atoms with Crippen molar-refractivity contribution in [1.29, 1.82) is 0 Å². The predicted molar refractivity (Wildman–Crippen MR) is 100 cm³/mol. The number of Topliss-reactive ketones (excluding diaryl/α,β-unsaturated/α-hetero) is 2. The van der Waals surface area contributed by atoms with Gasteiger partial charge in [0.05, 0.1) is 11.5 Å². The lowest BCUT2D eigenvalue weighted by molar-refractivity contribution is -0.216. The Balaban J connectivity index is 1.87. The van der Waals surface area contributed by atoms with Crippen LogP contribution in [0.25, 0.3) is 0 Å². The molecular weight excluding hydrogens is 379 g/mol. The molecule has 0 aromatic carbocycles. The molecule has 0 aromatic rings. The fraction of sp³-hybridized carbons (Fsp3) is 0.682. The van der Waals surface area contributed by atoms with Gasteiger partial charge in [0.1, 0.15) is 12.2 Å². The van der Waals surface area contributed by atoms with Gasteiger partial charge in [-0.25, -0.2) is 4.39 Å². The first-order chi connectivity index (χ1) is 13.4. The van der Waals surface area contributed by atoms with E-state index >= 15 is 4.39 Å². The summed E-state index contributed by atoms with van der Waals surface area (Å²) in [4.78, 5) is 37.5. The zero-order chi connectivity index (χ0) is 21.6. The maximum atomic E-state index is 16.9. The van der Waals surface area contributed by atoms with E-state index < -0.39 is 52.4 Å². The van der Waals surface area contributed by atoms with Crippen LogP contribution in [-0.4, -0.2) is 56.6 Å². The summed E-state index contributed by atoms with van der Waals surface area (Å²) in [5.41, 5.74) is -6.31. The smallest absolute Gasteiger partial charge is 0.190 e. The lowest BCUT2D eigenvalue weighted by Crippen LogP contribution is -2.70. The van der Waals surface area contributed by atoms with Crippen molar-refractivity contribution < 1.29 is 34.1 Å². The molecular formula is C22H27FO6. The van der Waals surface area contributed by atoms with Gasteiger partial charge in [-0.3, -0.25) is 14.4 Å². The van der Waals surface area contributed by atoms with Crippen molar-refractivity contribution >= 4 is 17.3 Å². The summed E-state index contributed by atoms with van der Waals surface area (Å²) >= 11 is 0. The minimum absolute atomic E-state index is 0.0494. The maximum absolute atomic E-state index is 16.9. The number of carbonyl (C=O) groups excluding carboxylic acids is 3. The van der Waals surface area contributed by atoms with Gasteiger partial charge in [0.15, 0.2) is 23.0 Å². The zero-order valence-corrected chi connectivity index (χ0v) is 16.9. The molecule has 29 heavy (non-hydrogen) atoms. The summed E-state index contributed by atoms with van der Waals surface area (Å²) in [6.07, 6.45) is 1.09. The quantitative estimate of drug-likeness (QED) is 0.636. The summed E-state index contributed by atoms with van der Waals surface area (Å²) in [7, 11) is 0. The highest BCUT2D eigenvalue weighted by molar-refractivity contribution is 6.13. The molecule has 4 aliphatic carbocycles. The van der Waals surface area contributed by atoms with Gasteiger partial charge >= 0.3 is 0 Å². The topological polar surface area (TPSA) is 112 Å². The van der Waals surface area contributed by atoms with Crippen LogP contribution in [0, 0.1) is 22.7 Å². The number of fused-ring (bicyclic) bond motifs is 5. The number of aliphatic hydroxyl groups is 3. The van der Waals surface area contributed by atoms with Gasteiger partial charge in [-0.1, -0.05) is 13.0 Å². The van der Waals surface area contributed by atoms with Crippen LogP contribution in [0.1, 0.15) is 46.5 Å². The Hall–Kier alpha value is -1.70. The highest BCUT2D eigenvalue weighted by Crippen LogP contribution is 2.69. The first-order valence-corrected chi connectivity index (χ1v) is 10.1. The molecule has 0 saturated heterocycles. The van der Waals surface area contributed by atoms with E-state index in [2.05, 4.69) is 0 Å². The van der Waals surface area contributed by atoms with Crippen molar-refractivity contribution in [3.63, 3.8) is 0 Å². The standard InChI is InChI=1S/C22H27FO6/c1-11-8-20(3)14(7-15(11)25)16(26)6-13-12-4-5-21(29,18(28)10-24)19(12,2)9-17(27)22(13,20)23/h7-8,12-13,17,24,27,29H,4-6,9-10H2,1-3H3/t12-,13-,17?,19-,20-,21-,22-/m0/s1. The monoisotopic (exact) mass is 406 g/mol. The number of rotatable bonds is 2. The molecule has 0 spiro atoms. The Kier molecular flexibility index (Phi) is 4.20. The predicted octanol–water partition coefficient (Wildman–Crippen LogP) is 1.22. The summed E-state index contributed by atoms with van der Waals surface area (Å²) < 4.78 is 16.9. The third kappa shape index (κ3) is 2.19. The van der Waals surface area contributed by atoms with Crippen molar-refractivity contribution in [1.82, 2.24) is 0 Å². The zero-order valence-electron chi connectivity index (χ0n) is 16.9. The van der Waals surface area contributed by atoms with Gasteiger partial charge in [0.2, 0.25) is 0 Å². The number of carbonyl (C=O) groups is 3. The second-order valence-electron chi connectivity index (χ2n) is 9.68. The van der Waals surface area contributed by atoms with Crippen LogP contribution in [-0.2, 0) is 14.4 Å². The number of allylic oxidation sites excluding steroid dienone is 4. The van der Waals surface area contributed by atoms with Crippen LogP contribution in [0.4, 0.5) is 4.39 Å². The molecule has 0 aliphatic heterocycles. The van der Waals surface area contributed by atoms with Crippen LogP contribution in [0.5, 0.6) is 0 Å². The second kappa shape index (κ2) is 5.93. The molecule has 4 aliphatic rings. The number of alkyl halides is 1. The van der Waals surface area contributed by atoms with Crippen molar-refractivity contribution in [3.8, 4) is 0 Å². The Morgan fingerprint density at radius 2 is 1.93 bits per heavy atom. The largest absolute Gasteiger partial charge is 0.390 e. The van der Waals surface area contributed by atoms with Crippen LogP contribution in [0.3, 0.4) is 0 Å². The number of ketones is 3. The minimum atomic E-state index is -2.22. The first-order valence-electron chi connectivity index (χ1n) is 10.1. The second-order valence-corrected chi connectivity index (χ2v) is 9.68. The molecule has 3 N–H and O–H groups in total. The van der Waals surface area contributed by atoms with E-state index in [1.165, 1.54) is 12.2 Å². The Morgan fingerprint density at radius 1 is 1.28 bits per heavy atom. The van der Waals surface area contributed by atoms with Crippen LogP contribution in [0.2, 0.25) is 0 Å². The molecule has 1 unspecified atom stereocenters. The molecule has 7 atom stereocenters. The Morgan fingerprint density at radius 3 is 2.55 bits per heavy atom. The summed E-state index contributed by atoms with van der Waals surface area (Å²) in [6.45, 7) is 3.91. The Bertz CT molecular complexity index is 892.